The molecule has 2 aromatic rings. The topological polar surface area (TPSA) is 71.8 Å². The zero-order valence-corrected chi connectivity index (χ0v) is 14.2. The average Bonchev–Trinajstić information content (AvgIpc) is 3.38. The maximum absolute atomic E-state index is 15.1. The lowest BCUT2D eigenvalue weighted by atomic mass is 10.0. The van der Waals surface area contributed by atoms with Crippen LogP contribution in [0.1, 0.15) is 47.6 Å². The number of aromatic carboxylic acids is 1. The second-order valence-corrected chi connectivity index (χ2v) is 7.40. The average molecular weight is 358 g/mol. The van der Waals surface area contributed by atoms with Crippen molar-refractivity contribution in [3.63, 3.8) is 0 Å². The summed E-state index contributed by atoms with van der Waals surface area (Å²) in [6, 6.07) is 1.54. The number of hydrogen-bond acceptors (Lipinski definition) is 4. The first kappa shape index (κ1) is 15.8. The predicted molar refractivity (Wildman–Crippen MR) is 93.4 cm³/mol. The molecular formula is C19H19FN2O4. The highest BCUT2D eigenvalue weighted by atomic mass is 19.1. The van der Waals surface area contributed by atoms with Crippen LogP contribution in [0, 0.1) is 5.82 Å². The Morgan fingerprint density at radius 2 is 2.08 bits per heavy atom. The number of anilines is 1. The zero-order chi connectivity index (χ0) is 18.0. The van der Waals surface area contributed by atoms with Gasteiger partial charge in [0.25, 0.3) is 0 Å². The number of ether oxygens (including phenoxy) is 1. The van der Waals surface area contributed by atoms with Crippen LogP contribution in [0.3, 0.4) is 0 Å². The van der Waals surface area contributed by atoms with Crippen molar-refractivity contribution in [2.45, 2.75) is 44.4 Å². The van der Waals surface area contributed by atoms with Crippen molar-refractivity contribution in [2.24, 2.45) is 0 Å². The monoisotopic (exact) mass is 358 g/mol. The van der Waals surface area contributed by atoms with Gasteiger partial charge in [-0.2, -0.15) is 0 Å². The summed E-state index contributed by atoms with van der Waals surface area (Å²) in [5, 5.41) is 9.52. The fourth-order valence-electron chi connectivity index (χ4n) is 4.40. The van der Waals surface area contributed by atoms with E-state index < -0.39 is 17.2 Å². The molecule has 1 aromatic carbocycles. The summed E-state index contributed by atoms with van der Waals surface area (Å²) >= 11 is 0. The third-order valence-corrected chi connectivity index (χ3v) is 5.73. The number of carboxylic acid groups (broad SMARTS) is 1. The lowest BCUT2D eigenvalue weighted by Gasteiger charge is -2.27. The maximum Gasteiger partial charge on any atom is 0.341 e. The molecule has 3 heterocycles. The Labute approximate surface area is 148 Å². The minimum absolute atomic E-state index is 0.134. The van der Waals surface area contributed by atoms with Crippen LogP contribution in [0.15, 0.2) is 17.1 Å². The summed E-state index contributed by atoms with van der Waals surface area (Å²) in [5.41, 5.74) is 0.886. The zero-order valence-electron chi connectivity index (χ0n) is 14.2. The van der Waals surface area contributed by atoms with E-state index in [1.165, 1.54) is 12.3 Å². The van der Waals surface area contributed by atoms with Gasteiger partial charge in [-0.3, -0.25) is 4.79 Å². The number of carbonyl (C=O) groups is 1. The molecule has 26 heavy (non-hydrogen) atoms. The number of fused-ring (bicyclic) bond motifs is 5. The number of benzene rings is 1. The number of carboxylic acids is 1. The standard InChI is InChI=1S/C19H19FN2O4/c20-15-6-12-16(14-9-26-8-11-2-1-5-21(11)17(14)15)22(10-3-4-10)7-13(18(12)23)19(24)25/h6-7,10-11H,1-5,8-9H2,(H,24,25). The van der Waals surface area contributed by atoms with Crippen LogP contribution >= 0.6 is 0 Å². The van der Waals surface area contributed by atoms with Crippen LogP contribution in [0.25, 0.3) is 10.9 Å². The van der Waals surface area contributed by atoms with Gasteiger partial charge in [0.1, 0.15) is 11.4 Å². The van der Waals surface area contributed by atoms with Crippen LogP contribution in [0.5, 0.6) is 0 Å². The molecule has 1 saturated carbocycles. The molecule has 1 atom stereocenters. The van der Waals surface area contributed by atoms with E-state index in [9.17, 15) is 14.7 Å². The van der Waals surface area contributed by atoms with Crippen LogP contribution < -0.4 is 10.3 Å². The molecule has 1 unspecified atom stereocenters. The molecule has 0 bridgehead atoms. The molecule has 1 aromatic heterocycles. The van der Waals surface area contributed by atoms with Crippen LogP contribution in [-0.2, 0) is 11.3 Å². The minimum Gasteiger partial charge on any atom is -0.477 e. The molecule has 3 aliphatic rings. The van der Waals surface area contributed by atoms with Crippen molar-refractivity contribution < 1.29 is 19.0 Å². The summed E-state index contributed by atoms with van der Waals surface area (Å²) in [7, 11) is 0. The Hall–Kier alpha value is -2.41. The van der Waals surface area contributed by atoms with Crippen molar-refractivity contribution in [1.82, 2.24) is 4.57 Å². The maximum atomic E-state index is 15.1. The van der Waals surface area contributed by atoms with Crippen molar-refractivity contribution in [3.8, 4) is 0 Å². The first-order valence-corrected chi connectivity index (χ1v) is 9.04. The molecule has 7 heteroatoms. The molecule has 2 fully saturated rings. The minimum atomic E-state index is -1.28. The van der Waals surface area contributed by atoms with E-state index in [0.717, 1.165) is 32.2 Å². The van der Waals surface area contributed by atoms with E-state index >= 15 is 4.39 Å². The quantitative estimate of drug-likeness (QED) is 0.894. The third-order valence-electron chi connectivity index (χ3n) is 5.73. The molecular weight excluding hydrogens is 339 g/mol. The van der Waals surface area contributed by atoms with Gasteiger partial charge in [0.15, 0.2) is 0 Å². The van der Waals surface area contributed by atoms with Gasteiger partial charge in [-0.25, -0.2) is 9.18 Å². The Balaban J connectivity index is 1.88. The highest BCUT2D eigenvalue weighted by Crippen LogP contribution is 2.42. The molecule has 0 amide bonds. The first-order valence-electron chi connectivity index (χ1n) is 9.04. The first-order chi connectivity index (χ1) is 12.6. The number of rotatable bonds is 2. The third kappa shape index (κ3) is 2.19. The smallest absolute Gasteiger partial charge is 0.341 e. The normalized spacial score (nSPS) is 22.2. The van der Waals surface area contributed by atoms with Gasteiger partial charge in [0.05, 0.1) is 30.5 Å². The molecule has 0 radical (unpaired) electrons. The van der Waals surface area contributed by atoms with Crippen molar-refractivity contribution >= 4 is 22.6 Å². The molecule has 6 nitrogen and oxygen atoms in total. The number of aromatic nitrogens is 1. The molecule has 1 aliphatic carbocycles. The lowest BCUT2D eigenvalue weighted by molar-refractivity contribution is 0.0695. The Kier molecular flexibility index (Phi) is 3.37. The molecule has 136 valence electrons. The summed E-state index contributed by atoms with van der Waals surface area (Å²) in [6.45, 7) is 1.54. The second kappa shape index (κ2) is 5.54. The molecule has 1 saturated heterocycles. The van der Waals surface area contributed by atoms with Crippen LogP contribution in [0.4, 0.5) is 10.1 Å². The second-order valence-electron chi connectivity index (χ2n) is 7.40. The Bertz CT molecular complexity index is 995. The van der Waals surface area contributed by atoms with E-state index in [2.05, 4.69) is 4.90 Å². The fourth-order valence-corrected chi connectivity index (χ4v) is 4.40. The highest BCUT2D eigenvalue weighted by molar-refractivity contribution is 5.95. The highest BCUT2D eigenvalue weighted by Gasteiger charge is 2.35. The van der Waals surface area contributed by atoms with Gasteiger partial charge in [-0.15, -0.1) is 0 Å². The van der Waals surface area contributed by atoms with Crippen molar-refractivity contribution in [3.05, 3.63) is 39.4 Å². The number of nitrogens with zero attached hydrogens (tertiary/aromatic N) is 2. The number of pyridine rings is 1. The predicted octanol–water partition coefficient (Wildman–Crippen LogP) is 2.67. The lowest BCUT2D eigenvalue weighted by Crippen LogP contribution is -2.32. The fraction of sp³-hybridized carbons (Fsp3) is 0.474. The van der Waals surface area contributed by atoms with Crippen molar-refractivity contribution in [2.75, 3.05) is 18.1 Å². The number of hydrogen-bond donors (Lipinski definition) is 1. The van der Waals surface area contributed by atoms with Gasteiger partial charge in [0, 0.05) is 29.7 Å². The largest absolute Gasteiger partial charge is 0.477 e. The Morgan fingerprint density at radius 3 is 2.81 bits per heavy atom. The van der Waals surface area contributed by atoms with Crippen molar-refractivity contribution in [1.29, 1.82) is 0 Å². The van der Waals surface area contributed by atoms with Gasteiger partial charge in [-0.1, -0.05) is 0 Å². The summed E-state index contributed by atoms with van der Waals surface area (Å²) in [6.07, 6.45) is 5.23. The molecule has 5 rings (SSSR count). The van der Waals surface area contributed by atoms with Gasteiger partial charge in [0.2, 0.25) is 5.43 Å². The van der Waals surface area contributed by atoms with E-state index in [1.54, 1.807) is 0 Å². The van der Waals surface area contributed by atoms with E-state index in [-0.39, 0.29) is 29.6 Å². The van der Waals surface area contributed by atoms with E-state index in [1.807, 2.05) is 4.57 Å². The van der Waals surface area contributed by atoms with Crippen LogP contribution in [-0.4, -0.2) is 34.8 Å². The summed E-state index contributed by atoms with van der Waals surface area (Å²) in [5.74, 6) is -1.75. The van der Waals surface area contributed by atoms with Crippen LogP contribution in [0.2, 0.25) is 0 Å². The molecule has 2 aliphatic heterocycles. The molecule has 1 N–H and O–H groups in total. The van der Waals surface area contributed by atoms with Gasteiger partial charge in [-0.05, 0) is 31.7 Å². The Morgan fingerprint density at radius 1 is 1.27 bits per heavy atom. The number of halogens is 1. The molecule has 0 spiro atoms. The van der Waals surface area contributed by atoms with E-state index in [4.69, 9.17) is 4.74 Å². The summed E-state index contributed by atoms with van der Waals surface area (Å²) < 4.78 is 22.8. The van der Waals surface area contributed by atoms with Gasteiger partial charge >= 0.3 is 5.97 Å². The van der Waals surface area contributed by atoms with E-state index in [0.29, 0.717) is 23.4 Å². The van der Waals surface area contributed by atoms with Gasteiger partial charge < -0.3 is 19.3 Å². The summed E-state index contributed by atoms with van der Waals surface area (Å²) in [4.78, 5) is 26.3. The SMILES string of the molecule is O=C(O)c1cn(C2CC2)c2c3c(c(F)cc2c1=O)N1CCCC1COC3.